The molecular weight excluding hydrogens is 221 g/mol. The molecular formula is C10H17F3N2O. The molecule has 0 aromatic carbocycles. The molecule has 0 aromatic heterocycles. The maximum absolute atomic E-state index is 11.8. The van der Waals surface area contributed by atoms with Crippen molar-refractivity contribution in [2.24, 2.45) is 11.1 Å². The molecule has 3 N–H and O–H groups in total. The molecule has 0 aromatic rings. The smallest absolute Gasteiger partial charge is 0.388 e. The van der Waals surface area contributed by atoms with Gasteiger partial charge in [-0.25, -0.2) is 0 Å². The summed E-state index contributed by atoms with van der Waals surface area (Å²) in [7, 11) is 0. The molecule has 0 aliphatic heterocycles. The second-order valence-electron chi connectivity index (χ2n) is 4.47. The first-order valence-electron chi connectivity index (χ1n) is 5.30. The molecule has 0 saturated heterocycles. The maximum atomic E-state index is 11.8. The lowest BCUT2D eigenvalue weighted by Crippen LogP contribution is -2.21. The van der Waals surface area contributed by atoms with Crippen LogP contribution in [0.5, 0.6) is 0 Å². The molecule has 6 heteroatoms. The number of hydrogen-bond acceptors (Lipinski definition) is 2. The third kappa shape index (κ3) is 5.34. The second-order valence-corrected chi connectivity index (χ2v) is 4.47. The van der Waals surface area contributed by atoms with Crippen molar-refractivity contribution < 1.29 is 17.9 Å². The van der Waals surface area contributed by atoms with Gasteiger partial charge in [-0.15, -0.1) is 0 Å². The fourth-order valence-corrected chi connectivity index (χ4v) is 1.62. The molecule has 0 heterocycles. The largest absolute Gasteiger partial charge is 0.389 e. The van der Waals surface area contributed by atoms with Crippen molar-refractivity contribution in [2.45, 2.75) is 38.3 Å². The topological polar surface area (TPSA) is 59.1 Å². The Morgan fingerprint density at radius 3 is 2.44 bits per heavy atom. The molecule has 0 radical (unpaired) electrons. The third-order valence-corrected chi connectivity index (χ3v) is 2.68. The summed E-state index contributed by atoms with van der Waals surface area (Å²) in [6.07, 6.45) is -2.50. The van der Waals surface area contributed by atoms with E-state index in [2.05, 4.69) is 0 Å². The van der Waals surface area contributed by atoms with Gasteiger partial charge in [-0.3, -0.25) is 5.41 Å². The van der Waals surface area contributed by atoms with Crippen molar-refractivity contribution in [2.75, 3.05) is 13.2 Å². The molecule has 1 fully saturated rings. The SMILES string of the molecule is N=C(N)CC1(COCCCC(F)(F)F)CC1. The van der Waals surface area contributed by atoms with Gasteiger partial charge in [0.15, 0.2) is 0 Å². The van der Waals surface area contributed by atoms with E-state index >= 15 is 0 Å². The van der Waals surface area contributed by atoms with E-state index in [-0.39, 0.29) is 24.3 Å². The van der Waals surface area contributed by atoms with Crippen LogP contribution in [-0.4, -0.2) is 25.2 Å². The first kappa shape index (κ1) is 13.3. The number of amidine groups is 1. The lowest BCUT2D eigenvalue weighted by atomic mass is 10.0. The summed E-state index contributed by atoms with van der Waals surface area (Å²) in [6, 6.07) is 0. The number of hydrogen-bond donors (Lipinski definition) is 2. The van der Waals surface area contributed by atoms with E-state index in [0.29, 0.717) is 13.0 Å². The fourth-order valence-electron chi connectivity index (χ4n) is 1.62. The van der Waals surface area contributed by atoms with Gasteiger partial charge in [0, 0.05) is 24.9 Å². The van der Waals surface area contributed by atoms with Crippen LogP contribution in [0.15, 0.2) is 0 Å². The molecule has 1 aliphatic rings. The molecule has 1 aliphatic carbocycles. The monoisotopic (exact) mass is 238 g/mol. The molecule has 1 rings (SSSR count). The summed E-state index contributed by atoms with van der Waals surface area (Å²) in [6.45, 7) is 0.545. The Balaban J connectivity index is 2.05. The van der Waals surface area contributed by atoms with Gasteiger partial charge in [0.25, 0.3) is 0 Å². The Kier molecular flexibility index (Phi) is 4.18. The standard InChI is InChI=1S/C10H17F3N2O/c11-10(12,13)2-1-5-16-7-9(3-4-9)6-8(14)15/h1-7H2,(H3,14,15). The Labute approximate surface area is 92.7 Å². The summed E-state index contributed by atoms with van der Waals surface area (Å²) >= 11 is 0. The number of alkyl halides is 3. The van der Waals surface area contributed by atoms with E-state index in [1.54, 1.807) is 0 Å². The van der Waals surface area contributed by atoms with E-state index in [4.69, 9.17) is 15.9 Å². The number of rotatable bonds is 7. The summed E-state index contributed by atoms with van der Waals surface area (Å²) < 4.78 is 40.6. The fraction of sp³-hybridized carbons (Fsp3) is 0.900. The zero-order valence-electron chi connectivity index (χ0n) is 9.07. The van der Waals surface area contributed by atoms with Crippen molar-refractivity contribution in [3.8, 4) is 0 Å². The van der Waals surface area contributed by atoms with Gasteiger partial charge >= 0.3 is 6.18 Å². The highest BCUT2D eigenvalue weighted by Gasteiger charge is 2.43. The summed E-state index contributed by atoms with van der Waals surface area (Å²) in [4.78, 5) is 0. The van der Waals surface area contributed by atoms with E-state index < -0.39 is 12.6 Å². The van der Waals surface area contributed by atoms with Gasteiger partial charge in [-0.1, -0.05) is 0 Å². The van der Waals surface area contributed by atoms with E-state index in [0.717, 1.165) is 12.8 Å². The zero-order chi connectivity index (χ0) is 12.2. The van der Waals surface area contributed by atoms with Gasteiger partial charge in [-0.2, -0.15) is 13.2 Å². The molecule has 0 unspecified atom stereocenters. The Bertz CT molecular complexity index is 249. The van der Waals surface area contributed by atoms with Crippen molar-refractivity contribution >= 4 is 5.84 Å². The zero-order valence-corrected chi connectivity index (χ0v) is 9.07. The Morgan fingerprint density at radius 2 is 2.00 bits per heavy atom. The number of nitrogens with two attached hydrogens (primary N) is 1. The first-order chi connectivity index (χ1) is 7.33. The van der Waals surface area contributed by atoms with Gasteiger partial charge in [0.05, 0.1) is 12.4 Å². The molecule has 0 spiro atoms. The number of ether oxygens (including phenoxy) is 1. The van der Waals surface area contributed by atoms with Gasteiger partial charge in [0.1, 0.15) is 0 Å². The highest BCUT2D eigenvalue weighted by molar-refractivity contribution is 5.78. The quantitative estimate of drug-likeness (QED) is 0.406. The molecule has 0 amide bonds. The highest BCUT2D eigenvalue weighted by Crippen LogP contribution is 2.48. The van der Waals surface area contributed by atoms with Gasteiger partial charge < -0.3 is 10.5 Å². The average molecular weight is 238 g/mol. The van der Waals surface area contributed by atoms with Crippen molar-refractivity contribution in [1.82, 2.24) is 0 Å². The minimum absolute atomic E-state index is 0.000346. The summed E-state index contributed by atoms with van der Waals surface area (Å²) in [5.41, 5.74) is 5.23. The summed E-state index contributed by atoms with van der Waals surface area (Å²) in [5, 5.41) is 7.16. The van der Waals surface area contributed by atoms with Crippen molar-refractivity contribution in [3.63, 3.8) is 0 Å². The van der Waals surface area contributed by atoms with Crippen LogP contribution in [0.2, 0.25) is 0 Å². The van der Waals surface area contributed by atoms with Crippen molar-refractivity contribution in [3.05, 3.63) is 0 Å². The molecule has 0 atom stereocenters. The van der Waals surface area contributed by atoms with Crippen LogP contribution < -0.4 is 5.73 Å². The minimum Gasteiger partial charge on any atom is -0.388 e. The lowest BCUT2D eigenvalue weighted by molar-refractivity contribution is -0.138. The normalized spacial score (nSPS) is 18.4. The Hall–Kier alpha value is -0.780. The maximum Gasteiger partial charge on any atom is 0.389 e. The Morgan fingerprint density at radius 1 is 1.38 bits per heavy atom. The predicted molar refractivity (Wildman–Crippen MR) is 54.3 cm³/mol. The molecule has 16 heavy (non-hydrogen) atoms. The molecule has 1 saturated carbocycles. The van der Waals surface area contributed by atoms with E-state index in [1.807, 2.05) is 0 Å². The summed E-state index contributed by atoms with van der Waals surface area (Å²) in [5.74, 6) is 0.122. The second kappa shape index (κ2) is 5.03. The van der Waals surface area contributed by atoms with Crippen LogP contribution >= 0.6 is 0 Å². The minimum atomic E-state index is -4.10. The van der Waals surface area contributed by atoms with E-state index in [1.165, 1.54) is 0 Å². The average Bonchev–Trinajstić information content (AvgIpc) is 2.81. The number of halogens is 3. The van der Waals surface area contributed by atoms with Gasteiger partial charge in [0.2, 0.25) is 0 Å². The van der Waals surface area contributed by atoms with Crippen LogP contribution in [0.25, 0.3) is 0 Å². The number of nitrogens with one attached hydrogen (secondary N) is 1. The van der Waals surface area contributed by atoms with Crippen LogP contribution in [0.1, 0.15) is 32.1 Å². The molecule has 3 nitrogen and oxygen atoms in total. The molecule has 0 bridgehead atoms. The lowest BCUT2D eigenvalue weighted by Gasteiger charge is -2.14. The van der Waals surface area contributed by atoms with Crippen molar-refractivity contribution in [1.29, 1.82) is 5.41 Å². The predicted octanol–water partition coefficient (Wildman–Crippen LogP) is 2.45. The van der Waals surface area contributed by atoms with Crippen LogP contribution in [0.3, 0.4) is 0 Å². The van der Waals surface area contributed by atoms with Gasteiger partial charge in [-0.05, 0) is 19.3 Å². The molecule has 94 valence electrons. The van der Waals surface area contributed by atoms with Crippen LogP contribution in [-0.2, 0) is 4.74 Å². The van der Waals surface area contributed by atoms with E-state index in [9.17, 15) is 13.2 Å². The third-order valence-electron chi connectivity index (χ3n) is 2.68. The van der Waals surface area contributed by atoms with Crippen LogP contribution in [0.4, 0.5) is 13.2 Å². The highest BCUT2D eigenvalue weighted by atomic mass is 19.4. The first-order valence-corrected chi connectivity index (χ1v) is 5.30. The van der Waals surface area contributed by atoms with Crippen LogP contribution in [0, 0.1) is 10.8 Å².